The van der Waals surface area contributed by atoms with Gasteiger partial charge in [-0.2, -0.15) is 4.98 Å². The van der Waals surface area contributed by atoms with Crippen LogP contribution in [0.25, 0.3) is 0 Å². The Kier molecular flexibility index (Phi) is 5.12. The fraction of sp³-hybridized carbons (Fsp3) is 0.467. The predicted octanol–water partition coefficient (Wildman–Crippen LogP) is 2.71. The highest BCUT2D eigenvalue weighted by atomic mass is 16.5. The molecule has 1 aromatic carbocycles. The molecule has 0 fully saturated rings. The van der Waals surface area contributed by atoms with E-state index in [-0.39, 0.29) is 0 Å². The van der Waals surface area contributed by atoms with Crippen molar-refractivity contribution in [1.82, 2.24) is 15.5 Å². The number of nitrogens with one attached hydrogen (secondary N) is 1. The number of ether oxygens (including phenoxy) is 1. The minimum atomic E-state index is 0.300. The molecule has 1 aromatic heterocycles. The van der Waals surface area contributed by atoms with Crippen LogP contribution >= 0.6 is 0 Å². The summed E-state index contributed by atoms with van der Waals surface area (Å²) in [5.41, 5.74) is 1.19. The molecular weight excluding hydrogens is 254 g/mol. The molecule has 0 saturated carbocycles. The first-order valence-electron chi connectivity index (χ1n) is 6.94. The normalized spacial score (nSPS) is 11.0. The summed E-state index contributed by atoms with van der Waals surface area (Å²) in [4.78, 5) is 4.21. The monoisotopic (exact) mass is 275 g/mol. The van der Waals surface area contributed by atoms with Gasteiger partial charge >= 0.3 is 0 Å². The molecule has 0 radical (unpaired) electrons. The average Bonchev–Trinajstić information content (AvgIpc) is 2.91. The smallest absolute Gasteiger partial charge is 0.264 e. The molecule has 0 unspecified atom stereocenters. The molecule has 0 atom stereocenters. The van der Waals surface area contributed by atoms with Crippen LogP contribution in [-0.4, -0.2) is 16.2 Å². The van der Waals surface area contributed by atoms with Crippen molar-refractivity contribution >= 4 is 0 Å². The van der Waals surface area contributed by atoms with Gasteiger partial charge < -0.3 is 14.6 Å². The highest BCUT2D eigenvalue weighted by Crippen LogP contribution is 2.15. The zero-order chi connectivity index (χ0) is 14.4. The summed E-state index contributed by atoms with van der Waals surface area (Å²) >= 11 is 0. The van der Waals surface area contributed by atoms with E-state index >= 15 is 0 Å². The molecule has 5 heteroatoms. The van der Waals surface area contributed by atoms with Gasteiger partial charge in [0.15, 0.2) is 12.4 Å². The number of rotatable bonds is 7. The van der Waals surface area contributed by atoms with Crippen LogP contribution in [0.3, 0.4) is 0 Å². The van der Waals surface area contributed by atoms with Crippen LogP contribution < -0.4 is 10.1 Å². The van der Waals surface area contributed by atoms with Crippen molar-refractivity contribution in [3.63, 3.8) is 0 Å². The minimum Gasteiger partial charge on any atom is -0.484 e. The summed E-state index contributed by atoms with van der Waals surface area (Å²) in [6.07, 6.45) is 0.764. The Hall–Kier alpha value is -1.88. The Morgan fingerprint density at radius 1 is 1.35 bits per heavy atom. The molecule has 20 heavy (non-hydrogen) atoms. The molecule has 0 bridgehead atoms. The molecule has 0 aliphatic carbocycles. The van der Waals surface area contributed by atoms with Crippen LogP contribution in [0.5, 0.6) is 5.75 Å². The average molecular weight is 275 g/mol. The standard InChI is InChI=1S/C15H21N3O2/c1-4-14-17-15(20-18-14)10-19-13-7-5-6-12(8-13)9-16-11(2)3/h5-8,11,16H,4,9-10H2,1-3H3. The molecule has 0 saturated heterocycles. The van der Waals surface area contributed by atoms with E-state index in [1.54, 1.807) is 0 Å². The number of aromatic nitrogens is 2. The molecule has 1 N–H and O–H groups in total. The second-order valence-electron chi connectivity index (χ2n) is 4.93. The van der Waals surface area contributed by atoms with Crippen LogP contribution in [0.4, 0.5) is 0 Å². The molecule has 108 valence electrons. The number of benzene rings is 1. The van der Waals surface area contributed by atoms with Crippen molar-refractivity contribution in [3.8, 4) is 5.75 Å². The topological polar surface area (TPSA) is 60.2 Å². The molecule has 0 aliphatic rings. The van der Waals surface area contributed by atoms with Crippen LogP contribution in [0.1, 0.15) is 38.0 Å². The van der Waals surface area contributed by atoms with E-state index in [4.69, 9.17) is 9.26 Å². The first-order chi connectivity index (χ1) is 9.67. The van der Waals surface area contributed by atoms with Crippen LogP contribution in [0.15, 0.2) is 28.8 Å². The van der Waals surface area contributed by atoms with Crippen LogP contribution in [0, 0.1) is 0 Å². The molecule has 0 spiro atoms. The van der Waals surface area contributed by atoms with Gasteiger partial charge in [0, 0.05) is 19.0 Å². The number of hydrogen-bond donors (Lipinski definition) is 1. The summed E-state index contributed by atoms with van der Waals surface area (Å²) < 4.78 is 10.8. The van der Waals surface area contributed by atoms with E-state index in [9.17, 15) is 0 Å². The third kappa shape index (κ3) is 4.35. The van der Waals surface area contributed by atoms with Gasteiger partial charge in [-0.1, -0.05) is 38.1 Å². The maximum Gasteiger partial charge on any atom is 0.264 e. The fourth-order valence-corrected chi connectivity index (χ4v) is 1.70. The van der Waals surface area contributed by atoms with E-state index in [1.165, 1.54) is 5.56 Å². The van der Waals surface area contributed by atoms with E-state index in [0.717, 1.165) is 18.7 Å². The lowest BCUT2D eigenvalue weighted by atomic mass is 10.2. The number of hydrogen-bond acceptors (Lipinski definition) is 5. The number of aryl methyl sites for hydroxylation is 1. The lowest BCUT2D eigenvalue weighted by Gasteiger charge is -2.09. The van der Waals surface area contributed by atoms with Gasteiger partial charge in [-0.15, -0.1) is 0 Å². The summed E-state index contributed by atoms with van der Waals surface area (Å²) in [7, 11) is 0. The van der Waals surface area contributed by atoms with Crippen LogP contribution in [-0.2, 0) is 19.6 Å². The molecule has 0 amide bonds. The molecular formula is C15H21N3O2. The highest BCUT2D eigenvalue weighted by molar-refractivity contribution is 5.28. The van der Waals surface area contributed by atoms with E-state index < -0.39 is 0 Å². The van der Waals surface area contributed by atoms with Gasteiger partial charge in [0.05, 0.1) is 0 Å². The Labute approximate surface area is 119 Å². The first kappa shape index (κ1) is 14.5. The zero-order valence-electron chi connectivity index (χ0n) is 12.2. The second kappa shape index (κ2) is 7.05. The summed E-state index contributed by atoms with van der Waals surface area (Å²) in [5.74, 6) is 2.02. The second-order valence-corrected chi connectivity index (χ2v) is 4.93. The number of nitrogens with zero attached hydrogens (tertiary/aromatic N) is 2. The largest absolute Gasteiger partial charge is 0.484 e. The molecule has 0 aliphatic heterocycles. The molecule has 2 rings (SSSR count). The zero-order valence-corrected chi connectivity index (χ0v) is 12.2. The Bertz CT molecular complexity index is 537. The van der Waals surface area contributed by atoms with Crippen molar-refractivity contribution in [2.75, 3.05) is 0 Å². The first-order valence-corrected chi connectivity index (χ1v) is 6.94. The predicted molar refractivity (Wildman–Crippen MR) is 76.4 cm³/mol. The van der Waals surface area contributed by atoms with Crippen LogP contribution in [0.2, 0.25) is 0 Å². The van der Waals surface area contributed by atoms with Crippen molar-refractivity contribution in [1.29, 1.82) is 0 Å². The third-order valence-electron chi connectivity index (χ3n) is 2.80. The Morgan fingerprint density at radius 2 is 2.20 bits per heavy atom. The summed E-state index contributed by atoms with van der Waals surface area (Å²) in [6, 6.07) is 8.47. The van der Waals surface area contributed by atoms with Crippen molar-refractivity contribution in [2.45, 2.75) is 46.4 Å². The van der Waals surface area contributed by atoms with Crippen molar-refractivity contribution in [2.24, 2.45) is 0 Å². The fourth-order valence-electron chi connectivity index (χ4n) is 1.70. The molecule has 5 nitrogen and oxygen atoms in total. The lowest BCUT2D eigenvalue weighted by molar-refractivity contribution is 0.242. The summed E-state index contributed by atoms with van der Waals surface area (Å²) in [5, 5.41) is 7.21. The third-order valence-corrected chi connectivity index (χ3v) is 2.80. The van der Waals surface area contributed by atoms with Crippen molar-refractivity contribution in [3.05, 3.63) is 41.5 Å². The van der Waals surface area contributed by atoms with Gasteiger partial charge in [0.1, 0.15) is 5.75 Å². The van der Waals surface area contributed by atoms with Gasteiger partial charge in [-0.05, 0) is 17.7 Å². The Morgan fingerprint density at radius 3 is 2.90 bits per heavy atom. The van der Waals surface area contributed by atoms with Gasteiger partial charge in [-0.3, -0.25) is 0 Å². The highest BCUT2D eigenvalue weighted by Gasteiger charge is 2.05. The molecule has 2 aromatic rings. The SMILES string of the molecule is CCc1noc(COc2cccc(CNC(C)C)c2)n1. The molecule has 1 heterocycles. The Balaban J connectivity index is 1.90. The van der Waals surface area contributed by atoms with Gasteiger partial charge in [0.25, 0.3) is 5.89 Å². The van der Waals surface area contributed by atoms with E-state index in [2.05, 4.69) is 35.4 Å². The van der Waals surface area contributed by atoms with E-state index in [1.807, 2.05) is 25.1 Å². The lowest BCUT2D eigenvalue weighted by Crippen LogP contribution is -2.21. The maximum atomic E-state index is 5.67. The quantitative estimate of drug-likeness (QED) is 0.842. The minimum absolute atomic E-state index is 0.300. The van der Waals surface area contributed by atoms with Crippen molar-refractivity contribution < 1.29 is 9.26 Å². The summed E-state index contributed by atoms with van der Waals surface area (Å²) in [6.45, 7) is 7.37. The maximum absolute atomic E-state index is 5.67. The van der Waals surface area contributed by atoms with Gasteiger partial charge in [0.2, 0.25) is 0 Å². The van der Waals surface area contributed by atoms with Gasteiger partial charge in [-0.25, -0.2) is 0 Å². The van der Waals surface area contributed by atoms with E-state index in [0.29, 0.717) is 24.4 Å².